The van der Waals surface area contributed by atoms with E-state index in [2.05, 4.69) is 20.9 Å². The molecule has 0 bridgehead atoms. The fourth-order valence-corrected chi connectivity index (χ4v) is 3.06. The molecule has 0 N–H and O–H groups in total. The number of hydrogen-bond donors (Lipinski definition) is 0. The molecule has 0 aliphatic heterocycles. The number of fused-ring (bicyclic) bond motifs is 1. The molecule has 118 valence electrons. The molecule has 0 atom stereocenters. The van der Waals surface area contributed by atoms with E-state index in [-0.39, 0.29) is 0 Å². The van der Waals surface area contributed by atoms with Crippen molar-refractivity contribution in [2.45, 2.75) is 25.3 Å². The third kappa shape index (κ3) is 2.59. The van der Waals surface area contributed by atoms with Crippen LogP contribution in [-0.2, 0) is 11.3 Å². The fraction of sp³-hybridized carbons (Fsp3) is 0.312. The number of nitrogens with zero attached hydrogens (tertiary/aromatic N) is 4. The van der Waals surface area contributed by atoms with Crippen molar-refractivity contribution < 1.29 is 9.53 Å². The topological polar surface area (TPSA) is 61.4 Å². The predicted octanol–water partition coefficient (Wildman–Crippen LogP) is 2.90. The van der Waals surface area contributed by atoms with E-state index in [4.69, 9.17) is 11.6 Å². The van der Waals surface area contributed by atoms with Crippen molar-refractivity contribution in [3.05, 3.63) is 52.7 Å². The maximum atomic E-state index is 11.5. The number of imidazole rings is 1. The summed E-state index contributed by atoms with van der Waals surface area (Å²) < 4.78 is 8.24. The Morgan fingerprint density at radius 3 is 2.96 bits per heavy atom. The number of carbonyl (C=O) groups is 1. The van der Waals surface area contributed by atoms with Crippen molar-refractivity contribution in [2.24, 2.45) is 0 Å². The first-order valence-corrected chi connectivity index (χ1v) is 7.80. The van der Waals surface area contributed by atoms with Crippen molar-refractivity contribution in [2.75, 3.05) is 7.11 Å². The number of esters is 1. The van der Waals surface area contributed by atoms with Crippen LogP contribution < -0.4 is 0 Å². The van der Waals surface area contributed by atoms with Crippen molar-refractivity contribution >= 4 is 23.2 Å². The Morgan fingerprint density at radius 1 is 1.39 bits per heavy atom. The van der Waals surface area contributed by atoms with Crippen molar-refractivity contribution in [3.63, 3.8) is 0 Å². The van der Waals surface area contributed by atoms with Gasteiger partial charge in [-0.25, -0.2) is 9.78 Å². The zero-order valence-electron chi connectivity index (χ0n) is 12.6. The second-order valence-electron chi connectivity index (χ2n) is 5.73. The highest BCUT2D eigenvalue weighted by Crippen LogP contribution is 2.43. The molecule has 3 aromatic heterocycles. The van der Waals surface area contributed by atoms with Crippen LogP contribution in [-0.4, -0.2) is 32.2 Å². The van der Waals surface area contributed by atoms with Crippen LogP contribution in [0.3, 0.4) is 0 Å². The molecule has 23 heavy (non-hydrogen) atoms. The SMILES string of the molecule is COC(=O)c1cnn(Cc2cn3c(Cl)c(C4CC4)ccc3n2)c1. The lowest BCUT2D eigenvalue weighted by molar-refractivity contribution is 0.0600. The monoisotopic (exact) mass is 330 g/mol. The normalized spacial score (nSPS) is 14.3. The van der Waals surface area contributed by atoms with Crippen LogP contribution in [0, 0.1) is 0 Å². The van der Waals surface area contributed by atoms with Gasteiger partial charge in [0.25, 0.3) is 0 Å². The van der Waals surface area contributed by atoms with Gasteiger partial charge < -0.3 is 4.74 Å². The lowest BCUT2D eigenvalue weighted by Crippen LogP contribution is -2.01. The Balaban J connectivity index is 1.63. The van der Waals surface area contributed by atoms with Crippen LogP contribution >= 0.6 is 11.6 Å². The minimum atomic E-state index is -0.400. The molecule has 0 radical (unpaired) electrons. The van der Waals surface area contributed by atoms with Crippen LogP contribution in [0.5, 0.6) is 0 Å². The second-order valence-corrected chi connectivity index (χ2v) is 6.09. The number of pyridine rings is 1. The lowest BCUT2D eigenvalue weighted by Gasteiger charge is -2.04. The largest absolute Gasteiger partial charge is 0.465 e. The highest BCUT2D eigenvalue weighted by atomic mass is 35.5. The van der Waals surface area contributed by atoms with Crippen molar-refractivity contribution in [1.82, 2.24) is 19.2 Å². The van der Waals surface area contributed by atoms with E-state index in [1.807, 2.05) is 16.7 Å². The maximum Gasteiger partial charge on any atom is 0.341 e. The van der Waals surface area contributed by atoms with Crippen LogP contribution in [0.15, 0.2) is 30.7 Å². The molecule has 4 rings (SSSR count). The first-order chi connectivity index (χ1) is 11.2. The lowest BCUT2D eigenvalue weighted by atomic mass is 10.2. The van der Waals surface area contributed by atoms with Gasteiger partial charge in [0.15, 0.2) is 0 Å². The van der Waals surface area contributed by atoms with Gasteiger partial charge in [0.2, 0.25) is 0 Å². The molecule has 0 saturated heterocycles. The Morgan fingerprint density at radius 2 is 2.22 bits per heavy atom. The molecule has 0 aromatic carbocycles. The van der Waals surface area contributed by atoms with E-state index in [1.54, 1.807) is 10.9 Å². The molecule has 3 aromatic rings. The first-order valence-electron chi connectivity index (χ1n) is 7.43. The first kappa shape index (κ1) is 14.3. The quantitative estimate of drug-likeness (QED) is 0.545. The number of halogens is 1. The summed E-state index contributed by atoms with van der Waals surface area (Å²) in [4.78, 5) is 16.0. The van der Waals surface area contributed by atoms with Gasteiger partial charge in [-0.15, -0.1) is 0 Å². The van der Waals surface area contributed by atoms with E-state index in [1.165, 1.54) is 31.7 Å². The third-order valence-electron chi connectivity index (χ3n) is 4.04. The Bertz CT molecular complexity index is 895. The van der Waals surface area contributed by atoms with Gasteiger partial charge in [0, 0.05) is 12.4 Å². The van der Waals surface area contributed by atoms with Gasteiger partial charge in [0.05, 0.1) is 31.1 Å². The minimum absolute atomic E-state index is 0.400. The zero-order chi connectivity index (χ0) is 16.0. The summed E-state index contributed by atoms with van der Waals surface area (Å²) in [6, 6.07) is 4.06. The smallest absolute Gasteiger partial charge is 0.341 e. The summed E-state index contributed by atoms with van der Waals surface area (Å²) in [7, 11) is 1.35. The Kier molecular flexibility index (Phi) is 3.34. The number of rotatable bonds is 4. The summed E-state index contributed by atoms with van der Waals surface area (Å²) >= 11 is 6.50. The van der Waals surface area contributed by atoms with Crippen LogP contribution in [0.2, 0.25) is 5.15 Å². The minimum Gasteiger partial charge on any atom is -0.465 e. The molecular weight excluding hydrogens is 316 g/mol. The number of aromatic nitrogens is 4. The van der Waals surface area contributed by atoms with E-state index in [0.29, 0.717) is 18.0 Å². The van der Waals surface area contributed by atoms with Crippen molar-refractivity contribution in [3.8, 4) is 0 Å². The standard InChI is InChI=1S/C16H15ClN4O2/c1-23-16(22)11-6-18-20(7-11)8-12-9-21-14(19-12)5-4-13(15(21)17)10-2-3-10/h4-7,9-10H,2-3,8H2,1H3. The second kappa shape index (κ2) is 5.38. The molecule has 0 spiro atoms. The summed E-state index contributed by atoms with van der Waals surface area (Å²) in [5.74, 6) is 0.190. The maximum absolute atomic E-state index is 11.5. The molecule has 6 nitrogen and oxygen atoms in total. The molecule has 1 aliphatic carbocycles. The van der Waals surface area contributed by atoms with Crippen molar-refractivity contribution in [1.29, 1.82) is 0 Å². The molecule has 0 unspecified atom stereocenters. The summed E-state index contributed by atoms with van der Waals surface area (Å²) in [5, 5.41) is 4.90. The van der Waals surface area contributed by atoms with Crippen LogP contribution in [0.1, 0.15) is 40.4 Å². The number of carbonyl (C=O) groups excluding carboxylic acids is 1. The van der Waals surface area contributed by atoms with Crippen LogP contribution in [0.4, 0.5) is 0 Å². The highest BCUT2D eigenvalue weighted by Gasteiger charge is 2.26. The summed E-state index contributed by atoms with van der Waals surface area (Å²) in [6.45, 7) is 0.466. The summed E-state index contributed by atoms with van der Waals surface area (Å²) in [5.41, 5.74) is 3.26. The molecule has 0 amide bonds. The number of ether oxygens (including phenoxy) is 1. The van der Waals surface area contributed by atoms with Gasteiger partial charge in [-0.05, 0) is 30.4 Å². The van der Waals surface area contributed by atoms with E-state index in [0.717, 1.165) is 16.5 Å². The van der Waals surface area contributed by atoms with Gasteiger partial charge in [-0.1, -0.05) is 17.7 Å². The zero-order valence-corrected chi connectivity index (χ0v) is 13.3. The fourth-order valence-electron chi connectivity index (χ4n) is 2.71. The molecule has 3 heterocycles. The Labute approximate surface area is 137 Å². The molecular formula is C16H15ClN4O2. The van der Waals surface area contributed by atoms with E-state index < -0.39 is 5.97 Å². The molecule has 1 aliphatic rings. The van der Waals surface area contributed by atoms with E-state index >= 15 is 0 Å². The predicted molar refractivity (Wildman–Crippen MR) is 84.8 cm³/mol. The Hall–Kier alpha value is -2.34. The van der Waals surface area contributed by atoms with Gasteiger partial charge >= 0.3 is 5.97 Å². The molecule has 1 fully saturated rings. The van der Waals surface area contributed by atoms with Gasteiger partial charge in [0.1, 0.15) is 10.8 Å². The van der Waals surface area contributed by atoms with E-state index in [9.17, 15) is 4.79 Å². The average molecular weight is 331 g/mol. The number of methoxy groups -OCH3 is 1. The average Bonchev–Trinajstić information content (AvgIpc) is 3.13. The van der Waals surface area contributed by atoms with Gasteiger partial charge in [-0.2, -0.15) is 5.10 Å². The highest BCUT2D eigenvalue weighted by molar-refractivity contribution is 6.30. The number of hydrogen-bond acceptors (Lipinski definition) is 4. The molecule has 7 heteroatoms. The van der Waals surface area contributed by atoms with Gasteiger partial charge in [-0.3, -0.25) is 9.08 Å². The molecule has 1 saturated carbocycles. The third-order valence-corrected chi connectivity index (χ3v) is 4.44. The summed E-state index contributed by atoms with van der Waals surface area (Å²) in [6.07, 6.45) is 7.46. The van der Waals surface area contributed by atoms with Crippen LogP contribution in [0.25, 0.3) is 5.65 Å².